The van der Waals surface area contributed by atoms with E-state index in [0.717, 1.165) is 11.2 Å². The molecule has 0 aliphatic carbocycles. The molecule has 0 aromatic carbocycles. The Labute approximate surface area is 111 Å². The summed E-state index contributed by atoms with van der Waals surface area (Å²) in [6.45, 7) is 2.00. The number of hydrogen-bond donors (Lipinski definition) is 0. The number of pyridine rings is 1. The number of hydrogen-bond acceptors (Lipinski definition) is 3. The van der Waals surface area contributed by atoms with E-state index in [4.69, 9.17) is 4.84 Å². The van der Waals surface area contributed by atoms with Crippen molar-refractivity contribution in [2.45, 2.75) is 25.8 Å². The van der Waals surface area contributed by atoms with E-state index in [1.54, 1.807) is 16.7 Å². The molecule has 5 nitrogen and oxygen atoms in total. The van der Waals surface area contributed by atoms with Gasteiger partial charge < -0.3 is 9.40 Å². The molecular formula is C14H16N2O3. The van der Waals surface area contributed by atoms with Crippen LogP contribution in [0.2, 0.25) is 0 Å². The Morgan fingerprint density at radius 1 is 1.21 bits per heavy atom. The van der Waals surface area contributed by atoms with Crippen LogP contribution in [0.5, 0.6) is 0 Å². The molecule has 0 spiro atoms. The molecule has 2 heterocycles. The van der Waals surface area contributed by atoms with Crippen LogP contribution in [0, 0.1) is 0 Å². The lowest BCUT2D eigenvalue weighted by Crippen LogP contribution is -2.34. The van der Waals surface area contributed by atoms with Gasteiger partial charge in [-0.05, 0) is 24.6 Å². The molecule has 0 fully saturated rings. The van der Waals surface area contributed by atoms with E-state index in [1.165, 1.54) is 12.3 Å². The minimum absolute atomic E-state index is 0.362. The molecule has 2 aromatic rings. The van der Waals surface area contributed by atoms with Crippen LogP contribution >= 0.6 is 0 Å². The summed E-state index contributed by atoms with van der Waals surface area (Å²) in [7, 11) is 0. The molecule has 100 valence electrons. The second-order valence-corrected chi connectivity index (χ2v) is 4.21. The van der Waals surface area contributed by atoms with Crippen LogP contribution < -0.4 is 10.4 Å². The monoisotopic (exact) mass is 260 g/mol. The summed E-state index contributed by atoms with van der Waals surface area (Å²) >= 11 is 0. The van der Waals surface area contributed by atoms with Crippen molar-refractivity contribution in [1.29, 1.82) is 0 Å². The predicted octanol–water partition coefficient (Wildman–Crippen LogP) is 1.65. The van der Waals surface area contributed by atoms with Crippen LogP contribution in [0.4, 0.5) is 0 Å². The molecule has 5 heteroatoms. The van der Waals surface area contributed by atoms with Crippen molar-refractivity contribution in [1.82, 2.24) is 9.30 Å². The number of rotatable bonds is 5. The number of aromatic nitrogens is 2. The van der Waals surface area contributed by atoms with Crippen LogP contribution in [0.1, 0.15) is 25.8 Å². The van der Waals surface area contributed by atoms with Gasteiger partial charge in [-0.25, -0.2) is 4.79 Å². The average molecular weight is 260 g/mol. The maximum Gasteiger partial charge on any atom is 0.355 e. The van der Waals surface area contributed by atoms with E-state index < -0.39 is 12.0 Å². The maximum absolute atomic E-state index is 12.2. The summed E-state index contributed by atoms with van der Waals surface area (Å²) in [5.41, 5.74) is -0.362. The average Bonchev–Trinajstić information content (AvgIpc) is 2.92. The predicted molar refractivity (Wildman–Crippen MR) is 70.7 cm³/mol. The molecule has 0 radical (unpaired) electrons. The topological polar surface area (TPSA) is 53.2 Å². The van der Waals surface area contributed by atoms with Gasteiger partial charge in [0.05, 0.1) is 0 Å². The fourth-order valence-corrected chi connectivity index (χ4v) is 1.86. The van der Waals surface area contributed by atoms with Gasteiger partial charge in [0, 0.05) is 24.7 Å². The lowest BCUT2D eigenvalue weighted by atomic mass is 10.2. The Hall–Kier alpha value is -2.30. The third-order valence-electron chi connectivity index (χ3n) is 2.80. The molecule has 0 amide bonds. The van der Waals surface area contributed by atoms with Gasteiger partial charge in [-0.15, -0.1) is 4.73 Å². The van der Waals surface area contributed by atoms with Crippen molar-refractivity contribution < 1.29 is 9.63 Å². The Balaban J connectivity index is 2.17. The van der Waals surface area contributed by atoms with E-state index >= 15 is 0 Å². The van der Waals surface area contributed by atoms with Gasteiger partial charge in [0.2, 0.25) is 0 Å². The molecule has 0 saturated carbocycles. The first kappa shape index (κ1) is 13.1. The number of carbonyl (C=O) groups is 1. The molecular weight excluding hydrogens is 244 g/mol. The van der Waals surface area contributed by atoms with Crippen LogP contribution in [0.3, 0.4) is 0 Å². The Bertz CT molecular complexity index is 587. The van der Waals surface area contributed by atoms with Gasteiger partial charge in [-0.2, -0.15) is 0 Å². The van der Waals surface area contributed by atoms with Gasteiger partial charge in [0.1, 0.15) is 6.04 Å². The van der Waals surface area contributed by atoms with E-state index in [2.05, 4.69) is 0 Å². The molecule has 2 rings (SSSR count). The van der Waals surface area contributed by atoms with Crippen molar-refractivity contribution in [3.05, 3.63) is 59.3 Å². The molecule has 0 aliphatic heterocycles. The SMILES string of the molecule is CCC[C@@H](C(=O)On1ccccc1=O)n1cccc1. The molecule has 0 unspecified atom stereocenters. The smallest absolute Gasteiger partial charge is 0.340 e. The third kappa shape index (κ3) is 3.13. The van der Waals surface area contributed by atoms with Gasteiger partial charge in [-0.1, -0.05) is 19.4 Å². The largest absolute Gasteiger partial charge is 0.355 e. The molecule has 0 bridgehead atoms. The highest BCUT2D eigenvalue weighted by molar-refractivity contribution is 5.74. The summed E-state index contributed by atoms with van der Waals surface area (Å²) < 4.78 is 2.74. The van der Waals surface area contributed by atoms with Gasteiger partial charge in [0.25, 0.3) is 5.56 Å². The minimum Gasteiger partial charge on any atom is -0.340 e. The zero-order chi connectivity index (χ0) is 13.7. The van der Waals surface area contributed by atoms with E-state index in [9.17, 15) is 9.59 Å². The summed E-state index contributed by atoms with van der Waals surface area (Å²) in [4.78, 5) is 28.8. The van der Waals surface area contributed by atoms with Crippen LogP contribution in [0.15, 0.2) is 53.7 Å². The van der Waals surface area contributed by atoms with Crippen molar-refractivity contribution in [2.75, 3.05) is 0 Å². The standard InChI is InChI=1S/C14H16N2O3/c1-2-7-12(15-9-5-6-10-15)14(18)19-16-11-4-3-8-13(16)17/h3-6,8-12H,2,7H2,1H3/t12-/m0/s1. The second-order valence-electron chi connectivity index (χ2n) is 4.21. The quantitative estimate of drug-likeness (QED) is 0.821. The zero-order valence-corrected chi connectivity index (χ0v) is 10.7. The third-order valence-corrected chi connectivity index (χ3v) is 2.80. The van der Waals surface area contributed by atoms with Crippen molar-refractivity contribution >= 4 is 5.97 Å². The first-order valence-corrected chi connectivity index (χ1v) is 6.24. The highest BCUT2D eigenvalue weighted by Gasteiger charge is 2.21. The van der Waals surface area contributed by atoms with Crippen LogP contribution in [0.25, 0.3) is 0 Å². The van der Waals surface area contributed by atoms with Gasteiger partial charge in [-0.3, -0.25) is 4.79 Å². The first-order chi connectivity index (χ1) is 9.22. The molecule has 19 heavy (non-hydrogen) atoms. The lowest BCUT2D eigenvalue weighted by molar-refractivity contribution is -0.149. The summed E-state index contributed by atoms with van der Waals surface area (Å²) in [5, 5.41) is 0. The fraction of sp³-hybridized carbons (Fsp3) is 0.286. The number of carbonyl (C=O) groups excluding carboxylic acids is 1. The normalized spacial score (nSPS) is 12.1. The molecule has 0 N–H and O–H groups in total. The van der Waals surface area contributed by atoms with Crippen molar-refractivity contribution in [2.24, 2.45) is 0 Å². The zero-order valence-electron chi connectivity index (χ0n) is 10.7. The summed E-state index contributed by atoms with van der Waals surface area (Å²) in [6.07, 6.45) is 6.57. The lowest BCUT2D eigenvalue weighted by Gasteiger charge is -2.16. The Morgan fingerprint density at radius 2 is 1.89 bits per heavy atom. The molecule has 0 saturated heterocycles. The fourth-order valence-electron chi connectivity index (χ4n) is 1.86. The van der Waals surface area contributed by atoms with E-state index in [-0.39, 0.29) is 5.56 Å². The summed E-state index contributed by atoms with van der Waals surface area (Å²) in [5.74, 6) is -0.439. The second kappa shape index (κ2) is 6.04. The van der Waals surface area contributed by atoms with Gasteiger partial charge >= 0.3 is 5.97 Å². The van der Waals surface area contributed by atoms with Crippen molar-refractivity contribution in [3.8, 4) is 0 Å². The van der Waals surface area contributed by atoms with Gasteiger partial charge in [0.15, 0.2) is 0 Å². The molecule has 0 aliphatic rings. The minimum atomic E-state index is -0.439. The number of nitrogens with zero attached hydrogens (tertiary/aromatic N) is 2. The van der Waals surface area contributed by atoms with Crippen molar-refractivity contribution in [3.63, 3.8) is 0 Å². The maximum atomic E-state index is 12.2. The van der Waals surface area contributed by atoms with E-state index in [0.29, 0.717) is 6.42 Å². The van der Waals surface area contributed by atoms with E-state index in [1.807, 2.05) is 31.5 Å². The Kier molecular flexibility index (Phi) is 4.18. The highest BCUT2D eigenvalue weighted by Crippen LogP contribution is 2.14. The van der Waals surface area contributed by atoms with Crippen LogP contribution in [-0.2, 0) is 4.79 Å². The highest BCUT2D eigenvalue weighted by atomic mass is 16.7. The molecule has 2 aromatic heterocycles. The van der Waals surface area contributed by atoms with Crippen LogP contribution in [-0.4, -0.2) is 15.3 Å². The molecule has 1 atom stereocenters. The Morgan fingerprint density at radius 3 is 2.53 bits per heavy atom. The summed E-state index contributed by atoms with van der Waals surface area (Å²) in [6, 6.07) is 7.88. The first-order valence-electron chi connectivity index (χ1n) is 6.24.